The first-order chi connectivity index (χ1) is 7.42. The molecule has 0 spiro atoms. The van der Waals surface area contributed by atoms with Crippen LogP contribution in [0.15, 0.2) is 11.2 Å². The fourth-order valence-electron chi connectivity index (χ4n) is 1.05. The van der Waals surface area contributed by atoms with Crippen LogP contribution in [-0.2, 0) is 11.5 Å². The predicted octanol–water partition coefficient (Wildman–Crippen LogP) is 3.20. The molecule has 0 fully saturated rings. The van der Waals surface area contributed by atoms with Gasteiger partial charge in [0.1, 0.15) is 10.4 Å². The summed E-state index contributed by atoms with van der Waals surface area (Å²) in [5.41, 5.74) is 0. The zero-order chi connectivity index (χ0) is 12.2. The van der Waals surface area contributed by atoms with Crippen molar-refractivity contribution in [2.75, 3.05) is 6.61 Å². The van der Waals surface area contributed by atoms with Crippen LogP contribution in [0.5, 0.6) is 0 Å². The molecular weight excluding hydrogens is 337 g/mol. The fourth-order valence-corrected chi connectivity index (χ4v) is 2.33. The van der Waals surface area contributed by atoms with Gasteiger partial charge in [-0.25, -0.2) is 4.68 Å². The summed E-state index contributed by atoms with van der Waals surface area (Å²) in [5.74, 6) is 0.207. The van der Waals surface area contributed by atoms with E-state index in [0.717, 1.165) is 16.4 Å². The summed E-state index contributed by atoms with van der Waals surface area (Å²) < 4.78 is 8.02. The summed E-state index contributed by atoms with van der Waals surface area (Å²) in [4.78, 5) is 10.3. The van der Waals surface area contributed by atoms with Crippen molar-refractivity contribution in [3.05, 3.63) is 14.7 Å². The quantitative estimate of drug-likeness (QED) is 0.342. The maximum Gasteiger partial charge on any atom is 0.218 e. The van der Waals surface area contributed by atoms with Gasteiger partial charge >= 0.3 is 0 Å². The molecule has 0 bridgehead atoms. The lowest BCUT2D eigenvalue weighted by Crippen LogP contribution is -2.22. The third-order valence-electron chi connectivity index (χ3n) is 2.02. The number of hydrogen-bond acceptors (Lipinski definition) is 4. The molecule has 0 N–H and O–H groups in total. The Balaban J connectivity index is 2.37. The molecule has 0 aromatic carbocycles. The Kier molecular flexibility index (Phi) is 5.06. The van der Waals surface area contributed by atoms with Crippen molar-refractivity contribution in [3.8, 4) is 0 Å². The molecule has 0 radical (unpaired) electrons. The number of ether oxygens (including phenoxy) is 1. The first kappa shape index (κ1) is 13.8. The summed E-state index contributed by atoms with van der Waals surface area (Å²) in [5, 5.41) is 6.76. The van der Waals surface area contributed by atoms with E-state index in [1.165, 1.54) is 0 Å². The Morgan fingerprint density at radius 3 is 2.75 bits per heavy atom. The molecule has 16 heavy (non-hydrogen) atoms. The molecule has 5 nitrogen and oxygen atoms in total. The van der Waals surface area contributed by atoms with Gasteiger partial charge in [0.2, 0.25) is 5.82 Å². The lowest BCUT2D eigenvalue weighted by Gasteiger charge is -2.15. The maximum atomic E-state index is 10.3. The van der Waals surface area contributed by atoms with Gasteiger partial charge in [-0.2, -0.15) is 0 Å². The van der Waals surface area contributed by atoms with Gasteiger partial charge in [0, 0.05) is 20.7 Å². The third-order valence-corrected chi connectivity index (χ3v) is 4.59. The summed E-state index contributed by atoms with van der Waals surface area (Å²) in [6.07, 6.45) is 0. The summed E-state index contributed by atoms with van der Waals surface area (Å²) in [6, 6.07) is 2.76. The highest BCUT2D eigenvalue weighted by molar-refractivity contribution is 14.1. The Hall–Kier alpha value is -0.283. The molecule has 7 heteroatoms. The van der Waals surface area contributed by atoms with Gasteiger partial charge in [-0.15, -0.1) is 10.0 Å². The van der Waals surface area contributed by atoms with Crippen LogP contribution in [0.2, 0.25) is 25.7 Å². The molecule has 1 aromatic heterocycles. The largest absolute Gasteiger partial charge is 0.359 e. The van der Waals surface area contributed by atoms with Crippen molar-refractivity contribution in [1.29, 1.82) is 0 Å². The van der Waals surface area contributed by atoms with Crippen LogP contribution in [-0.4, -0.2) is 24.5 Å². The Morgan fingerprint density at radius 2 is 2.25 bits per heavy atom. The van der Waals surface area contributed by atoms with Crippen molar-refractivity contribution >= 4 is 36.5 Å². The molecule has 0 aliphatic heterocycles. The number of rotatable bonds is 6. The molecule has 0 saturated carbocycles. The number of nitroso groups, excluding NO2 is 1. The first-order valence-corrected chi connectivity index (χ1v) is 9.85. The monoisotopic (exact) mass is 353 g/mol. The van der Waals surface area contributed by atoms with Crippen LogP contribution >= 0.6 is 22.6 Å². The van der Waals surface area contributed by atoms with Gasteiger partial charge in [0.05, 0.1) is 0 Å². The number of halogens is 1. The third kappa shape index (κ3) is 4.70. The van der Waals surface area contributed by atoms with Crippen molar-refractivity contribution in [2.24, 2.45) is 5.18 Å². The Bertz CT molecular complexity index is 362. The van der Waals surface area contributed by atoms with E-state index >= 15 is 0 Å². The Morgan fingerprint density at radius 1 is 1.56 bits per heavy atom. The average Bonchev–Trinajstić information content (AvgIpc) is 2.53. The van der Waals surface area contributed by atoms with Gasteiger partial charge in [-0.1, -0.05) is 19.6 Å². The van der Waals surface area contributed by atoms with Crippen molar-refractivity contribution in [1.82, 2.24) is 9.78 Å². The molecule has 1 heterocycles. The van der Waals surface area contributed by atoms with E-state index < -0.39 is 8.07 Å². The molecule has 0 saturated heterocycles. The predicted molar refractivity (Wildman–Crippen MR) is 74.5 cm³/mol. The highest BCUT2D eigenvalue weighted by atomic mass is 127. The minimum Gasteiger partial charge on any atom is -0.359 e. The molecule has 0 aliphatic carbocycles. The molecule has 0 atom stereocenters. The van der Waals surface area contributed by atoms with Gasteiger partial charge in [0.25, 0.3) is 0 Å². The second-order valence-electron chi connectivity index (χ2n) is 4.76. The molecule has 90 valence electrons. The number of aromatic nitrogens is 2. The highest BCUT2D eigenvalue weighted by Crippen LogP contribution is 2.14. The van der Waals surface area contributed by atoms with E-state index in [-0.39, 0.29) is 5.82 Å². The number of nitrogens with zero attached hydrogens (tertiary/aromatic N) is 3. The van der Waals surface area contributed by atoms with Gasteiger partial charge in [-0.3, -0.25) is 0 Å². The van der Waals surface area contributed by atoms with E-state index in [2.05, 4.69) is 52.5 Å². The van der Waals surface area contributed by atoms with Crippen molar-refractivity contribution < 1.29 is 4.74 Å². The van der Waals surface area contributed by atoms with E-state index in [0.29, 0.717) is 6.73 Å². The smallest absolute Gasteiger partial charge is 0.218 e. The van der Waals surface area contributed by atoms with Crippen LogP contribution in [0.3, 0.4) is 0 Å². The van der Waals surface area contributed by atoms with Crippen molar-refractivity contribution in [2.45, 2.75) is 32.4 Å². The zero-order valence-corrected chi connectivity index (χ0v) is 12.9. The fraction of sp³-hybridized carbons (Fsp3) is 0.667. The summed E-state index contributed by atoms with van der Waals surface area (Å²) in [7, 11) is -1.04. The minimum atomic E-state index is -1.04. The average molecular weight is 353 g/mol. The second kappa shape index (κ2) is 5.87. The summed E-state index contributed by atoms with van der Waals surface area (Å²) >= 11 is 2.10. The van der Waals surface area contributed by atoms with Gasteiger partial charge in [-0.05, 0) is 33.8 Å². The molecule has 0 amide bonds. The van der Waals surface area contributed by atoms with E-state index in [1.54, 1.807) is 10.7 Å². The molecular formula is C9H16IN3O2Si. The molecule has 1 rings (SSSR count). The minimum absolute atomic E-state index is 0.207. The highest BCUT2D eigenvalue weighted by Gasteiger charge is 2.12. The molecule has 0 unspecified atom stereocenters. The Labute approximate surface area is 110 Å². The number of hydrogen-bond donors (Lipinski definition) is 0. The van der Waals surface area contributed by atoms with Crippen LogP contribution < -0.4 is 0 Å². The van der Waals surface area contributed by atoms with Crippen LogP contribution in [0.4, 0.5) is 5.82 Å². The van der Waals surface area contributed by atoms with Crippen LogP contribution in [0.1, 0.15) is 0 Å². The van der Waals surface area contributed by atoms with E-state index in [1.807, 2.05) is 0 Å². The molecule has 0 aliphatic rings. The first-order valence-electron chi connectivity index (χ1n) is 5.07. The topological polar surface area (TPSA) is 56.5 Å². The van der Waals surface area contributed by atoms with Crippen LogP contribution in [0.25, 0.3) is 0 Å². The normalized spacial score (nSPS) is 11.8. The lowest BCUT2D eigenvalue weighted by atomic mass is 10.7. The zero-order valence-electron chi connectivity index (χ0n) is 9.73. The van der Waals surface area contributed by atoms with E-state index in [4.69, 9.17) is 4.74 Å². The lowest BCUT2D eigenvalue weighted by molar-refractivity contribution is 0.0769. The van der Waals surface area contributed by atoms with Gasteiger partial charge in [0.15, 0.2) is 0 Å². The second-order valence-corrected chi connectivity index (χ2v) is 11.5. The SMILES string of the molecule is C[Si](C)(C)CCOCn1nc(N=O)cc1I. The standard InChI is InChI=1S/C9H16IN3O2Si/c1-16(2,3)5-4-15-7-13-8(10)6-9(11-13)12-14/h6H,4-5,7H2,1-3H3. The summed E-state index contributed by atoms with van der Waals surface area (Å²) in [6.45, 7) is 8.06. The maximum absolute atomic E-state index is 10.3. The van der Waals surface area contributed by atoms with Crippen molar-refractivity contribution in [3.63, 3.8) is 0 Å². The van der Waals surface area contributed by atoms with Crippen LogP contribution in [0, 0.1) is 8.61 Å². The van der Waals surface area contributed by atoms with E-state index in [9.17, 15) is 4.91 Å². The molecule has 1 aromatic rings. The van der Waals surface area contributed by atoms with Gasteiger partial charge < -0.3 is 4.74 Å².